The Morgan fingerprint density at radius 1 is 1.61 bits per heavy atom. The highest BCUT2D eigenvalue weighted by Gasteiger charge is 2.08. The second kappa shape index (κ2) is 6.66. The van der Waals surface area contributed by atoms with Crippen molar-refractivity contribution in [3.05, 3.63) is 27.7 Å². The summed E-state index contributed by atoms with van der Waals surface area (Å²) in [6.07, 6.45) is 4.51. The van der Waals surface area contributed by atoms with E-state index < -0.39 is 0 Å². The van der Waals surface area contributed by atoms with Gasteiger partial charge in [-0.3, -0.25) is 4.79 Å². The van der Waals surface area contributed by atoms with Crippen LogP contribution in [0.2, 0.25) is 0 Å². The molecule has 0 unspecified atom stereocenters. The fourth-order valence-corrected chi connectivity index (χ4v) is 2.61. The number of aryl methyl sites for hydroxylation is 1. The largest absolute Gasteiger partial charge is 0.352 e. The lowest BCUT2D eigenvalue weighted by atomic mass is 10.1. The first-order chi connectivity index (χ1) is 8.78. The van der Waals surface area contributed by atoms with E-state index in [2.05, 4.69) is 28.6 Å². The van der Waals surface area contributed by atoms with Gasteiger partial charge in [-0.1, -0.05) is 18.6 Å². The zero-order chi connectivity index (χ0) is 12.8. The Labute approximate surface area is 112 Å². The summed E-state index contributed by atoms with van der Waals surface area (Å²) < 4.78 is 0. The Kier molecular flexibility index (Phi) is 4.90. The van der Waals surface area contributed by atoms with E-state index in [4.69, 9.17) is 0 Å². The minimum atomic E-state index is 0.0578. The number of amides is 1. The molecule has 0 fully saturated rings. The maximum atomic E-state index is 11.8. The van der Waals surface area contributed by atoms with Gasteiger partial charge in [0.25, 0.3) is 0 Å². The SMILES string of the molecule is CCc1nc(CC(=O)NCC2=CCNCC2)cs1. The number of carbonyl (C=O) groups is 1. The third-order valence-electron chi connectivity index (χ3n) is 2.91. The number of carbonyl (C=O) groups excluding carboxylic acids is 1. The molecule has 1 aliphatic rings. The summed E-state index contributed by atoms with van der Waals surface area (Å²) in [6, 6.07) is 0. The second-order valence-electron chi connectivity index (χ2n) is 4.36. The Balaban J connectivity index is 1.76. The van der Waals surface area contributed by atoms with Gasteiger partial charge in [-0.15, -0.1) is 11.3 Å². The van der Waals surface area contributed by atoms with Crippen molar-refractivity contribution in [1.29, 1.82) is 0 Å². The summed E-state index contributed by atoms with van der Waals surface area (Å²) in [5, 5.41) is 9.28. The van der Waals surface area contributed by atoms with Crippen LogP contribution in [0.5, 0.6) is 0 Å². The third kappa shape index (κ3) is 3.92. The number of nitrogens with one attached hydrogen (secondary N) is 2. The van der Waals surface area contributed by atoms with Crippen LogP contribution in [0.15, 0.2) is 17.0 Å². The second-order valence-corrected chi connectivity index (χ2v) is 5.30. The maximum absolute atomic E-state index is 11.8. The van der Waals surface area contributed by atoms with Gasteiger partial charge in [0.15, 0.2) is 0 Å². The van der Waals surface area contributed by atoms with E-state index in [1.54, 1.807) is 11.3 Å². The van der Waals surface area contributed by atoms with E-state index in [9.17, 15) is 4.79 Å². The van der Waals surface area contributed by atoms with Crippen LogP contribution in [0.4, 0.5) is 0 Å². The summed E-state index contributed by atoms with van der Waals surface area (Å²) >= 11 is 1.63. The van der Waals surface area contributed by atoms with E-state index in [0.29, 0.717) is 13.0 Å². The normalized spacial score (nSPS) is 15.3. The van der Waals surface area contributed by atoms with Crippen LogP contribution in [0.1, 0.15) is 24.0 Å². The molecular formula is C13H19N3OS. The van der Waals surface area contributed by atoms with Crippen molar-refractivity contribution in [2.24, 2.45) is 0 Å². The third-order valence-corrected chi connectivity index (χ3v) is 3.96. The van der Waals surface area contributed by atoms with Gasteiger partial charge in [0.1, 0.15) is 0 Å². The lowest BCUT2D eigenvalue weighted by Crippen LogP contribution is -2.30. The van der Waals surface area contributed by atoms with Gasteiger partial charge >= 0.3 is 0 Å². The van der Waals surface area contributed by atoms with Gasteiger partial charge in [0.05, 0.1) is 17.1 Å². The molecule has 2 heterocycles. The number of nitrogens with zero attached hydrogens (tertiary/aromatic N) is 1. The number of aromatic nitrogens is 1. The topological polar surface area (TPSA) is 54.0 Å². The van der Waals surface area contributed by atoms with Gasteiger partial charge < -0.3 is 10.6 Å². The lowest BCUT2D eigenvalue weighted by Gasteiger charge is -2.14. The first-order valence-corrected chi connectivity index (χ1v) is 7.24. The van der Waals surface area contributed by atoms with E-state index in [1.165, 1.54) is 5.57 Å². The minimum absolute atomic E-state index is 0.0578. The van der Waals surface area contributed by atoms with Crippen LogP contribution in [-0.2, 0) is 17.6 Å². The van der Waals surface area contributed by atoms with Crippen molar-refractivity contribution in [2.75, 3.05) is 19.6 Å². The van der Waals surface area contributed by atoms with Gasteiger partial charge in [-0.05, 0) is 19.4 Å². The zero-order valence-electron chi connectivity index (χ0n) is 10.7. The van der Waals surface area contributed by atoms with Crippen LogP contribution in [-0.4, -0.2) is 30.5 Å². The molecule has 2 N–H and O–H groups in total. The van der Waals surface area contributed by atoms with Crippen molar-refractivity contribution < 1.29 is 4.79 Å². The van der Waals surface area contributed by atoms with E-state index in [0.717, 1.165) is 36.6 Å². The highest BCUT2D eigenvalue weighted by molar-refractivity contribution is 7.09. The maximum Gasteiger partial charge on any atom is 0.226 e. The fraction of sp³-hybridized carbons (Fsp3) is 0.538. The molecule has 98 valence electrons. The van der Waals surface area contributed by atoms with E-state index in [1.807, 2.05) is 5.38 Å². The number of hydrogen-bond acceptors (Lipinski definition) is 4. The van der Waals surface area contributed by atoms with Crippen LogP contribution < -0.4 is 10.6 Å². The highest BCUT2D eigenvalue weighted by Crippen LogP contribution is 2.10. The molecule has 1 aromatic heterocycles. The van der Waals surface area contributed by atoms with Crippen LogP contribution in [0.25, 0.3) is 0 Å². The average Bonchev–Trinajstić information content (AvgIpc) is 2.85. The van der Waals surface area contributed by atoms with Crippen molar-refractivity contribution in [2.45, 2.75) is 26.2 Å². The number of thiazole rings is 1. The molecule has 18 heavy (non-hydrogen) atoms. The van der Waals surface area contributed by atoms with Gasteiger partial charge in [-0.2, -0.15) is 0 Å². The standard InChI is InChI=1S/C13H19N3OS/c1-2-13-16-11(9-18-13)7-12(17)15-8-10-3-5-14-6-4-10/h3,9,14H,2,4-8H2,1H3,(H,15,17). The molecule has 0 aromatic carbocycles. The van der Waals surface area contributed by atoms with E-state index >= 15 is 0 Å². The Morgan fingerprint density at radius 3 is 3.17 bits per heavy atom. The first-order valence-electron chi connectivity index (χ1n) is 6.36. The summed E-state index contributed by atoms with van der Waals surface area (Å²) in [5.41, 5.74) is 2.20. The molecule has 5 heteroatoms. The highest BCUT2D eigenvalue weighted by atomic mass is 32.1. The molecule has 1 amide bonds. The van der Waals surface area contributed by atoms with Crippen molar-refractivity contribution in [1.82, 2.24) is 15.6 Å². The van der Waals surface area contributed by atoms with Crippen molar-refractivity contribution >= 4 is 17.2 Å². The molecule has 0 radical (unpaired) electrons. The van der Waals surface area contributed by atoms with Crippen LogP contribution in [0, 0.1) is 0 Å². The Hall–Kier alpha value is -1.20. The Morgan fingerprint density at radius 2 is 2.50 bits per heavy atom. The van der Waals surface area contributed by atoms with Crippen LogP contribution >= 0.6 is 11.3 Å². The molecule has 0 spiro atoms. The predicted molar refractivity (Wildman–Crippen MR) is 73.8 cm³/mol. The molecule has 0 saturated heterocycles. The monoisotopic (exact) mass is 265 g/mol. The zero-order valence-corrected chi connectivity index (χ0v) is 11.5. The lowest BCUT2D eigenvalue weighted by molar-refractivity contribution is -0.120. The molecule has 0 saturated carbocycles. The molecule has 0 atom stereocenters. The van der Waals surface area contributed by atoms with Gasteiger partial charge in [-0.25, -0.2) is 4.98 Å². The summed E-state index contributed by atoms with van der Waals surface area (Å²) in [4.78, 5) is 16.2. The molecule has 1 aliphatic heterocycles. The van der Waals surface area contributed by atoms with Crippen molar-refractivity contribution in [3.8, 4) is 0 Å². The van der Waals surface area contributed by atoms with Gasteiger partial charge in [0, 0.05) is 18.5 Å². The number of hydrogen-bond donors (Lipinski definition) is 2. The van der Waals surface area contributed by atoms with Crippen molar-refractivity contribution in [3.63, 3.8) is 0 Å². The quantitative estimate of drug-likeness (QED) is 0.789. The molecule has 2 rings (SSSR count). The number of rotatable bonds is 5. The molecular weight excluding hydrogens is 246 g/mol. The summed E-state index contributed by atoms with van der Waals surface area (Å²) in [6.45, 7) is 4.67. The molecule has 4 nitrogen and oxygen atoms in total. The Bertz CT molecular complexity index is 439. The predicted octanol–water partition coefficient (Wildman–Crippen LogP) is 1.28. The van der Waals surface area contributed by atoms with Crippen LogP contribution in [0.3, 0.4) is 0 Å². The van der Waals surface area contributed by atoms with E-state index in [-0.39, 0.29) is 5.91 Å². The fourth-order valence-electron chi connectivity index (χ4n) is 1.86. The minimum Gasteiger partial charge on any atom is -0.352 e. The molecule has 0 aliphatic carbocycles. The average molecular weight is 265 g/mol. The summed E-state index contributed by atoms with van der Waals surface area (Å²) in [7, 11) is 0. The van der Waals surface area contributed by atoms with Gasteiger partial charge in [0.2, 0.25) is 5.91 Å². The molecule has 0 bridgehead atoms. The smallest absolute Gasteiger partial charge is 0.226 e. The summed E-state index contributed by atoms with van der Waals surface area (Å²) in [5.74, 6) is 0.0578. The first kappa shape index (κ1) is 13.2. The molecule has 1 aromatic rings.